The summed E-state index contributed by atoms with van der Waals surface area (Å²) in [7, 11) is 0. The molecule has 0 saturated heterocycles. The van der Waals surface area contributed by atoms with Crippen molar-refractivity contribution in [2.45, 2.75) is 12.2 Å². The average Bonchev–Trinajstić information content (AvgIpc) is 2.71. The van der Waals surface area contributed by atoms with Gasteiger partial charge >= 0.3 is 6.18 Å². The Morgan fingerprint density at radius 2 is 1.75 bits per heavy atom. The predicted molar refractivity (Wildman–Crippen MR) is 52.9 cm³/mol. The number of nitrogens with zero attached hydrogens (tertiary/aromatic N) is 2. The van der Waals surface area contributed by atoms with Gasteiger partial charge in [0.25, 0.3) is 0 Å². The van der Waals surface area contributed by atoms with Crippen molar-refractivity contribution in [2.75, 3.05) is 0 Å². The van der Waals surface area contributed by atoms with Crippen molar-refractivity contribution in [3.63, 3.8) is 0 Å². The van der Waals surface area contributed by atoms with Crippen LogP contribution < -0.4 is 0 Å². The maximum atomic E-state index is 12.9. The average molecular weight is 226 g/mol. The molecule has 1 heterocycles. The van der Waals surface area contributed by atoms with E-state index in [4.69, 9.17) is 0 Å². The van der Waals surface area contributed by atoms with Gasteiger partial charge in [-0.05, 0) is 11.6 Å². The van der Waals surface area contributed by atoms with Crippen molar-refractivity contribution < 1.29 is 13.2 Å². The standard InChI is InChI=1S/C11H9F3N2/c12-11(13,14)10(16-8-4-7-15-16)9-5-2-1-3-6-9/h1-8,10H. The second-order valence-electron chi connectivity index (χ2n) is 3.34. The highest BCUT2D eigenvalue weighted by atomic mass is 19.4. The van der Waals surface area contributed by atoms with Crippen LogP contribution in [0.25, 0.3) is 0 Å². The van der Waals surface area contributed by atoms with Crippen molar-refractivity contribution in [1.29, 1.82) is 0 Å². The van der Waals surface area contributed by atoms with E-state index in [-0.39, 0.29) is 5.56 Å². The zero-order valence-electron chi connectivity index (χ0n) is 8.22. The van der Waals surface area contributed by atoms with Crippen molar-refractivity contribution >= 4 is 0 Å². The van der Waals surface area contributed by atoms with Crippen LogP contribution in [0, 0.1) is 0 Å². The molecule has 16 heavy (non-hydrogen) atoms. The monoisotopic (exact) mass is 226 g/mol. The van der Waals surface area contributed by atoms with Crippen LogP contribution in [0.15, 0.2) is 48.8 Å². The van der Waals surface area contributed by atoms with Crippen molar-refractivity contribution in [1.82, 2.24) is 9.78 Å². The normalized spacial score (nSPS) is 13.7. The van der Waals surface area contributed by atoms with E-state index >= 15 is 0 Å². The summed E-state index contributed by atoms with van der Waals surface area (Å²) in [6, 6.07) is 7.49. The summed E-state index contributed by atoms with van der Waals surface area (Å²) >= 11 is 0. The zero-order valence-corrected chi connectivity index (χ0v) is 8.22. The van der Waals surface area contributed by atoms with Crippen molar-refractivity contribution in [2.24, 2.45) is 0 Å². The first-order valence-electron chi connectivity index (χ1n) is 4.70. The Hall–Kier alpha value is -1.78. The second kappa shape index (κ2) is 4.00. The van der Waals surface area contributed by atoms with Crippen molar-refractivity contribution in [3.8, 4) is 0 Å². The fourth-order valence-electron chi connectivity index (χ4n) is 1.56. The highest BCUT2D eigenvalue weighted by Gasteiger charge is 2.42. The Bertz CT molecular complexity index is 434. The Morgan fingerprint density at radius 1 is 1.06 bits per heavy atom. The third-order valence-corrected chi connectivity index (χ3v) is 2.21. The molecule has 1 unspecified atom stereocenters. The molecule has 0 saturated carbocycles. The Morgan fingerprint density at radius 3 is 2.25 bits per heavy atom. The van der Waals surface area contributed by atoms with Gasteiger partial charge in [0, 0.05) is 12.4 Å². The molecule has 0 aliphatic heterocycles. The van der Waals surface area contributed by atoms with Gasteiger partial charge in [-0.3, -0.25) is 4.68 Å². The molecule has 0 radical (unpaired) electrons. The van der Waals surface area contributed by atoms with E-state index in [2.05, 4.69) is 5.10 Å². The first kappa shape index (κ1) is 10.7. The molecule has 1 atom stereocenters. The van der Waals surface area contributed by atoms with E-state index in [1.54, 1.807) is 18.2 Å². The van der Waals surface area contributed by atoms with Gasteiger partial charge in [0.15, 0.2) is 6.04 Å². The summed E-state index contributed by atoms with van der Waals surface area (Å²) in [5.41, 5.74) is 0.179. The number of benzene rings is 1. The number of hydrogen-bond donors (Lipinski definition) is 0. The number of aromatic nitrogens is 2. The van der Waals surface area contributed by atoms with E-state index in [0.717, 1.165) is 4.68 Å². The Labute approximate surface area is 90.3 Å². The van der Waals surface area contributed by atoms with Crippen LogP contribution in [0.1, 0.15) is 11.6 Å². The van der Waals surface area contributed by atoms with Crippen LogP contribution in [-0.2, 0) is 0 Å². The first-order chi connectivity index (χ1) is 7.59. The van der Waals surface area contributed by atoms with E-state index in [1.807, 2.05) is 0 Å². The van der Waals surface area contributed by atoms with Crippen LogP contribution >= 0.6 is 0 Å². The molecule has 0 aliphatic carbocycles. The van der Waals surface area contributed by atoms with E-state index in [1.165, 1.54) is 30.6 Å². The summed E-state index contributed by atoms with van der Waals surface area (Å²) in [5, 5.41) is 3.66. The molecule has 5 heteroatoms. The number of alkyl halides is 3. The molecule has 0 spiro atoms. The third kappa shape index (κ3) is 2.08. The minimum absolute atomic E-state index is 0.179. The Balaban J connectivity index is 2.45. The quantitative estimate of drug-likeness (QED) is 0.769. The fraction of sp³-hybridized carbons (Fsp3) is 0.182. The molecule has 2 rings (SSSR count). The van der Waals surface area contributed by atoms with Gasteiger partial charge in [-0.2, -0.15) is 18.3 Å². The number of rotatable bonds is 2. The highest BCUT2D eigenvalue weighted by molar-refractivity contribution is 5.21. The number of halogens is 3. The second-order valence-corrected chi connectivity index (χ2v) is 3.34. The molecule has 0 aliphatic rings. The fourth-order valence-corrected chi connectivity index (χ4v) is 1.56. The SMILES string of the molecule is FC(F)(F)C(c1ccccc1)n1cccn1. The molecular weight excluding hydrogens is 217 g/mol. The van der Waals surface area contributed by atoms with Gasteiger partial charge in [-0.1, -0.05) is 30.3 Å². The van der Waals surface area contributed by atoms with Gasteiger partial charge in [0.2, 0.25) is 0 Å². The van der Waals surface area contributed by atoms with Crippen LogP contribution in [-0.4, -0.2) is 16.0 Å². The lowest BCUT2D eigenvalue weighted by Crippen LogP contribution is -2.27. The minimum atomic E-state index is -4.35. The van der Waals surface area contributed by atoms with E-state index in [9.17, 15) is 13.2 Å². The molecule has 0 N–H and O–H groups in total. The maximum absolute atomic E-state index is 12.9. The summed E-state index contributed by atoms with van der Waals surface area (Å²) < 4.78 is 39.6. The lowest BCUT2D eigenvalue weighted by Gasteiger charge is -2.20. The highest BCUT2D eigenvalue weighted by Crippen LogP contribution is 2.35. The molecule has 0 amide bonds. The zero-order chi connectivity index (χ0) is 11.6. The molecule has 2 nitrogen and oxygen atoms in total. The van der Waals surface area contributed by atoms with Gasteiger partial charge in [0.05, 0.1) is 0 Å². The molecule has 2 aromatic rings. The summed E-state index contributed by atoms with van der Waals surface area (Å²) in [5.74, 6) is 0. The van der Waals surface area contributed by atoms with Crippen molar-refractivity contribution in [3.05, 3.63) is 54.4 Å². The molecule has 1 aromatic carbocycles. The molecule has 84 valence electrons. The molecular formula is C11H9F3N2. The van der Waals surface area contributed by atoms with E-state index < -0.39 is 12.2 Å². The van der Waals surface area contributed by atoms with Gasteiger partial charge < -0.3 is 0 Å². The lowest BCUT2D eigenvalue weighted by molar-refractivity contribution is -0.159. The first-order valence-corrected chi connectivity index (χ1v) is 4.70. The summed E-state index contributed by atoms with van der Waals surface area (Å²) in [6.45, 7) is 0. The predicted octanol–water partition coefficient (Wildman–Crippen LogP) is 3.03. The molecule has 0 fully saturated rings. The van der Waals surface area contributed by atoms with Gasteiger partial charge in [0.1, 0.15) is 0 Å². The van der Waals surface area contributed by atoms with Gasteiger partial charge in [-0.25, -0.2) is 0 Å². The topological polar surface area (TPSA) is 17.8 Å². The maximum Gasteiger partial charge on any atom is 0.415 e. The lowest BCUT2D eigenvalue weighted by atomic mass is 10.1. The number of hydrogen-bond acceptors (Lipinski definition) is 1. The van der Waals surface area contributed by atoms with Crippen LogP contribution in [0.2, 0.25) is 0 Å². The van der Waals surface area contributed by atoms with E-state index in [0.29, 0.717) is 0 Å². The largest absolute Gasteiger partial charge is 0.415 e. The molecule has 1 aromatic heterocycles. The van der Waals surface area contributed by atoms with Crippen LogP contribution in [0.3, 0.4) is 0 Å². The van der Waals surface area contributed by atoms with Crippen LogP contribution in [0.5, 0.6) is 0 Å². The van der Waals surface area contributed by atoms with Gasteiger partial charge in [-0.15, -0.1) is 0 Å². The summed E-state index contributed by atoms with van der Waals surface area (Å²) in [6.07, 6.45) is -1.71. The molecule has 0 bridgehead atoms. The Kier molecular flexibility index (Phi) is 2.68. The summed E-state index contributed by atoms with van der Waals surface area (Å²) in [4.78, 5) is 0. The smallest absolute Gasteiger partial charge is 0.256 e. The minimum Gasteiger partial charge on any atom is -0.256 e. The van der Waals surface area contributed by atoms with Crippen LogP contribution in [0.4, 0.5) is 13.2 Å². The third-order valence-electron chi connectivity index (χ3n) is 2.21.